The number of pyridine rings is 1. The van der Waals surface area contributed by atoms with Gasteiger partial charge in [0.2, 0.25) is 11.8 Å². The molecule has 1 unspecified atom stereocenters. The number of anilines is 2. The van der Waals surface area contributed by atoms with Crippen molar-refractivity contribution in [2.45, 2.75) is 88.5 Å². The number of likely N-dealkylation sites (tertiary alicyclic amines) is 1. The summed E-state index contributed by atoms with van der Waals surface area (Å²) >= 11 is 0. The van der Waals surface area contributed by atoms with Gasteiger partial charge in [-0.3, -0.25) is 38.9 Å². The largest absolute Gasteiger partial charge is 0.494 e. The maximum absolute atomic E-state index is 13.4. The Hall–Kier alpha value is -5.84. The van der Waals surface area contributed by atoms with E-state index in [1.54, 1.807) is 24.3 Å². The number of alkyl halides is 3. The number of rotatable bonds is 7. The maximum Gasteiger partial charge on any atom is 0.433 e. The van der Waals surface area contributed by atoms with Gasteiger partial charge in [-0.1, -0.05) is 6.07 Å². The first-order chi connectivity index (χ1) is 29.2. The van der Waals surface area contributed by atoms with Crippen molar-refractivity contribution in [1.82, 2.24) is 29.9 Å². The molecule has 14 nitrogen and oxygen atoms in total. The first-order valence-corrected chi connectivity index (χ1v) is 21.0. The second-order valence-corrected chi connectivity index (χ2v) is 17.9. The molecule has 2 saturated carbocycles. The summed E-state index contributed by atoms with van der Waals surface area (Å²) in [6, 6.07) is 11.9. The van der Waals surface area contributed by atoms with Crippen LogP contribution in [-0.2, 0) is 15.8 Å². The minimum atomic E-state index is -4.67. The van der Waals surface area contributed by atoms with Gasteiger partial charge in [0.25, 0.3) is 17.7 Å². The second-order valence-electron chi connectivity index (χ2n) is 17.9. The molecule has 5 amide bonds. The molecule has 2 aliphatic carbocycles. The SMILES string of the molecule is COc1cc2nn(C3CC4(CCN(C5CC6(CCN(c7ccc8c(c7)C(=O)N(C7CCC(=O)NC7=O)C8=O)CC6)C5)CC4)C3)cc2cc1NC(=O)c1cccc(C(F)(F)F)n1. The average Bonchev–Trinajstić information content (AvgIpc) is 3.74. The zero-order chi connectivity index (χ0) is 42.4. The summed E-state index contributed by atoms with van der Waals surface area (Å²) in [5.74, 6) is -2.42. The van der Waals surface area contributed by atoms with Gasteiger partial charge in [-0.25, -0.2) is 4.98 Å². The molecule has 2 aromatic carbocycles. The molecule has 6 aliphatic rings. The quantitative estimate of drug-likeness (QED) is 0.212. The Morgan fingerprint density at radius 1 is 0.869 bits per heavy atom. The molecule has 17 heteroatoms. The first-order valence-electron chi connectivity index (χ1n) is 21.0. The molecule has 2 spiro atoms. The van der Waals surface area contributed by atoms with E-state index in [1.807, 2.05) is 16.9 Å². The highest BCUT2D eigenvalue weighted by Crippen LogP contribution is 2.57. The van der Waals surface area contributed by atoms with Gasteiger partial charge in [0.1, 0.15) is 23.2 Å². The van der Waals surface area contributed by atoms with Crippen LogP contribution in [0.3, 0.4) is 0 Å². The molecule has 5 fully saturated rings. The lowest BCUT2D eigenvalue weighted by Gasteiger charge is -2.59. The molecule has 4 aliphatic heterocycles. The summed E-state index contributed by atoms with van der Waals surface area (Å²) in [5.41, 5.74) is 1.65. The predicted octanol–water partition coefficient (Wildman–Crippen LogP) is 5.98. The van der Waals surface area contributed by atoms with Gasteiger partial charge in [-0.2, -0.15) is 18.3 Å². The number of imide groups is 2. The van der Waals surface area contributed by atoms with Crippen molar-refractivity contribution in [3.8, 4) is 5.75 Å². The molecule has 0 radical (unpaired) electrons. The zero-order valence-electron chi connectivity index (χ0n) is 33.6. The van der Waals surface area contributed by atoms with Crippen LogP contribution in [0.25, 0.3) is 10.9 Å². The molecule has 0 bridgehead atoms. The third kappa shape index (κ3) is 6.90. The first kappa shape index (κ1) is 39.3. The fourth-order valence-corrected chi connectivity index (χ4v) is 10.8. The number of piperidine rings is 3. The van der Waals surface area contributed by atoms with Crippen molar-refractivity contribution in [2.75, 3.05) is 43.5 Å². The Bertz CT molecular complexity index is 2490. The molecular formula is C44H45F3N8O6. The van der Waals surface area contributed by atoms with Crippen molar-refractivity contribution >= 4 is 51.8 Å². The highest BCUT2D eigenvalue weighted by atomic mass is 19.4. The lowest BCUT2D eigenvalue weighted by atomic mass is 9.58. The van der Waals surface area contributed by atoms with E-state index in [0.29, 0.717) is 45.0 Å². The molecule has 3 saturated heterocycles. The average molecular weight is 839 g/mol. The van der Waals surface area contributed by atoms with Gasteiger partial charge in [-0.15, -0.1) is 0 Å². The van der Waals surface area contributed by atoms with Gasteiger partial charge in [0, 0.05) is 48.9 Å². The van der Waals surface area contributed by atoms with Crippen LogP contribution < -0.4 is 20.3 Å². The van der Waals surface area contributed by atoms with E-state index in [0.717, 1.165) is 92.8 Å². The number of halogens is 3. The van der Waals surface area contributed by atoms with Crippen molar-refractivity contribution in [2.24, 2.45) is 10.8 Å². The standard InChI is InChI=1S/C44H45F3N8O6/c1-61-35-19-32-25(17-33(35)49-38(57)31-3-2-4-36(48-31)44(45,46)47)24-54(51-32)28-22-43(23-28)11-15-53(16-12-43)27-20-42(21-27)9-13-52(14-10-42)26-5-6-29-30(18-26)41(60)55(40(29)59)34-7-8-37(56)50-39(34)58/h2-6,17-19,24,27-28,34H,7-16,20-23H2,1H3,(H,49,57)(H,50,56,58). The molecule has 2 aromatic heterocycles. The Kier molecular flexibility index (Phi) is 9.27. The number of aromatic nitrogens is 3. The monoisotopic (exact) mass is 838 g/mol. The van der Waals surface area contributed by atoms with E-state index in [-0.39, 0.29) is 24.6 Å². The van der Waals surface area contributed by atoms with Gasteiger partial charge in [-0.05, 0) is 118 Å². The van der Waals surface area contributed by atoms with Crippen LogP contribution in [0, 0.1) is 10.8 Å². The molecule has 6 heterocycles. The van der Waals surface area contributed by atoms with Crippen LogP contribution in [0.5, 0.6) is 5.75 Å². The van der Waals surface area contributed by atoms with Gasteiger partial charge >= 0.3 is 6.18 Å². The summed E-state index contributed by atoms with van der Waals surface area (Å²) in [6.07, 6.45) is 6.41. The van der Waals surface area contributed by atoms with Crippen LogP contribution in [0.4, 0.5) is 24.5 Å². The number of nitrogens with one attached hydrogen (secondary N) is 2. The molecule has 1 atom stereocenters. The highest BCUT2D eigenvalue weighted by molar-refractivity contribution is 6.23. The fraction of sp³-hybridized carbons (Fsp3) is 0.477. The minimum Gasteiger partial charge on any atom is -0.494 e. The summed E-state index contributed by atoms with van der Waals surface area (Å²) in [5, 5.41) is 10.5. The van der Waals surface area contributed by atoms with E-state index in [1.165, 1.54) is 26.0 Å². The van der Waals surface area contributed by atoms with E-state index in [2.05, 4.69) is 25.4 Å². The number of benzene rings is 2. The number of amides is 5. The molecule has 2 N–H and O–H groups in total. The number of carbonyl (C=O) groups excluding carboxylic acids is 5. The number of hydrogen-bond donors (Lipinski definition) is 2. The normalized spacial score (nSPS) is 23.9. The van der Waals surface area contributed by atoms with Crippen molar-refractivity contribution in [3.63, 3.8) is 0 Å². The Morgan fingerprint density at radius 2 is 1.56 bits per heavy atom. The molecular weight excluding hydrogens is 794 g/mol. The number of hydrogen-bond acceptors (Lipinski definition) is 10. The fourth-order valence-electron chi connectivity index (χ4n) is 10.8. The van der Waals surface area contributed by atoms with E-state index in [4.69, 9.17) is 9.84 Å². The van der Waals surface area contributed by atoms with Crippen LogP contribution in [0.2, 0.25) is 0 Å². The topological polar surface area (TPSA) is 159 Å². The number of ether oxygens (including phenoxy) is 1. The predicted molar refractivity (Wildman–Crippen MR) is 215 cm³/mol. The lowest BCUT2D eigenvalue weighted by Crippen LogP contribution is -2.58. The van der Waals surface area contributed by atoms with Crippen molar-refractivity contribution < 1.29 is 41.9 Å². The minimum absolute atomic E-state index is 0.0862. The number of nitrogens with zero attached hydrogens (tertiary/aromatic N) is 6. The van der Waals surface area contributed by atoms with E-state index in [9.17, 15) is 37.1 Å². The van der Waals surface area contributed by atoms with E-state index >= 15 is 0 Å². The van der Waals surface area contributed by atoms with E-state index < -0.39 is 47.4 Å². The van der Waals surface area contributed by atoms with Crippen LogP contribution in [0.15, 0.2) is 54.7 Å². The third-order valence-electron chi connectivity index (χ3n) is 14.4. The molecule has 61 heavy (non-hydrogen) atoms. The van der Waals surface area contributed by atoms with Crippen molar-refractivity contribution in [3.05, 3.63) is 77.2 Å². The van der Waals surface area contributed by atoms with Gasteiger partial charge in [0.05, 0.1) is 35.5 Å². The van der Waals surface area contributed by atoms with Gasteiger partial charge < -0.3 is 19.9 Å². The van der Waals surface area contributed by atoms with Crippen LogP contribution in [0.1, 0.15) is 107 Å². The smallest absolute Gasteiger partial charge is 0.433 e. The summed E-state index contributed by atoms with van der Waals surface area (Å²) in [6.45, 7) is 3.91. The number of methoxy groups -OCH3 is 1. The van der Waals surface area contributed by atoms with Gasteiger partial charge in [0.15, 0.2) is 0 Å². The number of fused-ring (bicyclic) bond motifs is 2. The van der Waals surface area contributed by atoms with Crippen molar-refractivity contribution in [1.29, 1.82) is 0 Å². The molecule has 318 valence electrons. The Morgan fingerprint density at radius 3 is 2.25 bits per heavy atom. The Balaban J connectivity index is 0.704. The number of carbonyl (C=O) groups is 5. The lowest BCUT2D eigenvalue weighted by molar-refractivity contribution is -0.141. The summed E-state index contributed by atoms with van der Waals surface area (Å²) in [4.78, 5) is 73.1. The maximum atomic E-state index is 13.4. The third-order valence-corrected chi connectivity index (χ3v) is 14.4. The summed E-state index contributed by atoms with van der Waals surface area (Å²) in [7, 11) is 1.46. The van der Waals surface area contributed by atoms with Crippen LogP contribution >= 0.6 is 0 Å². The Labute approximate surface area is 348 Å². The summed E-state index contributed by atoms with van der Waals surface area (Å²) < 4.78 is 47.1. The highest BCUT2D eigenvalue weighted by Gasteiger charge is 2.52. The molecule has 10 rings (SSSR count). The zero-order valence-corrected chi connectivity index (χ0v) is 33.6. The second kappa shape index (κ2) is 14.4. The molecule has 4 aromatic rings. The van der Waals surface area contributed by atoms with Crippen LogP contribution in [-0.4, -0.2) is 99.5 Å².